The fourth-order valence-corrected chi connectivity index (χ4v) is 1.65. The molecule has 25 heavy (non-hydrogen) atoms. The van der Waals surface area contributed by atoms with Gasteiger partial charge in [0.1, 0.15) is 0 Å². The van der Waals surface area contributed by atoms with Gasteiger partial charge in [-0.2, -0.15) is 4.98 Å². The molecular weight excluding hydrogens is 320 g/mol. The molecule has 0 amide bonds. The number of nitrogens with one attached hydrogen (secondary N) is 1. The van der Waals surface area contributed by atoms with Gasteiger partial charge in [-0.3, -0.25) is 0 Å². The summed E-state index contributed by atoms with van der Waals surface area (Å²) < 4.78 is 0. The third kappa shape index (κ3) is 7.13. The fourth-order valence-electron chi connectivity index (χ4n) is 1.65. The van der Waals surface area contributed by atoms with Gasteiger partial charge >= 0.3 is 0 Å². The molecule has 8 nitrogen and oxygen atoms in total. The second-order valence-corrected chi connectivity index (χ2v) is 5.16. The van der Waals surface area contributed by atoms with E-state index in [1.54, 1.807) is 21.9 Å². The average Bonchev–Trinajstić information content (AvgIpc) is 3.11. The van der Waals surface area contributed by atoms with Crippen molar-refractivity contribution in [2.24, 2.45) is 5.73 Å². The molecule has 5 N–H and O–H groups in total. The molecule has 0 saturated heterocycles. The number of hydrogen-bond donors (Lipinski definition) is 4. The Bertz CT molecular complexity index is 636. The van der Waals surface area contributed by atoms with Gasteiger partial charge in [0.15, 0.2) is 11.5 Å². The van der Waals surface area contributed by atoms with Crippen molar-refractivity contribution >= 4 is 11.9 Å². The van der Waals surface area contributed by atoms with E-state index in [4.69, 9.17) is 0 Å². The van der Waals surface area contributed by atoms with E-state index in [0.29, 0.717) is 24.0 Å². The number of para-hydroxylation sites is 1. The number of rotatable bonds is 4. The van der Waals surface area contributed by atoms with Crippen LogP contribution in [0.5, 0.6) is 11.5 Å². The van der Waals surface area contributed by atoms with E-state index in [0.717, 1.165) is 0 Å². The number of anilines is 2. The molecule has 0 fully saturated rings. The Morgan fingerprint density at radius 1 is 1.12 bits per heavy atom. The van der Waals surface area contributed by atoms with Crippen LogP contribution in [0.4, 0.5) is 11.9 Å². The number of nitrogens with two attached hydrogens (primary N) is 1. The molecule has 140 valence electrons. The number of allylic oxidation sites excluding steroid dienone is 2. The molecule has 2 rings (SSSR count). The highest BCUT2D eigenvalue weighted by molar-refractivity contribution is 5.46. The predicted molar refractivity (Wildman–Crippen MR) is 103 cm³/mol. The van der Waals surface area contributed by atoms with Crippen LogP contribution in [0.2, 0.25) is 0 Å². The van der Waals surface area contributed by atoms with Crippen molar-refractivity contribution < 1.29 is 10.2 Å². The lowest BCUT2D eigenvalue weighted by atomic mass is 10.2. The van der Waals surface area contributed by atoms with Crippen LogP contribution in [0.3, 0.4) is 0 Å². The SMILES string of the molecule is C/C=C\C.CN.CN(C)c1n[nH]c(N(C)Cc2cccc(O)c2O)n1. The van der Waals surface area contributed by atoms with Gasteiger partial charge in [-0.05, 0) is 27.0 Å². The van der Waals surface area contributed by atoms with Gasteiger partial charge in [0.05, 0.1) is 0 Å². The highest BCUT2D eigenvalue weighted by Gasteiger charge is 2.12. The maximum Gasteiger partial charge on any atom is 0.245 e. The molecule has 0 bridgehead atoms. The smallest absolute Gasteiger partial charge is 0.245 e. The van der Waals surface area contributed by atoms with Gasteiger partial charge < -0.3 is 25.7 Å². The molecule has 0 atom stereocenters. The first-order valence-electron chi connectivity index (χ1n) is 7.86. The van der Waals surface area contributed by atoms with Crippen molar-refractivity contribution in [2.45, 2.75) is 20.4 Å². The molecule has 0 radical (unpaired) electrons. The second-order valence-electron chi connectivity index (χ2n) is 5.16. The van der Waals surface area contributed by atoms with Gasteiger partial charge in [0.2, 0.25) is 11.9 Å². The first kappa shape index (κ1) is 22.3. The lowest BCUT2D eigenvalue weighted by Gasteiger charge is -2.16. The topological polar surface area (TPSA) is 115 Å². The average molecular weight is 350 g/mol. The summed E-state index contributed by atoms with van der Waals surface area (Å²) in [5.41, 5.74) is 5.12. The highest BCUT2D eigenvalue weighted by atomic mass is 16.3. The minimum atomic E-state index is -0.127. The van der Waals surface area contributed by atoms with E-state index < -0.39 is 0 Å². The summed E-state index contributed by atoms with van der Waals surface area (Å²) in [4.78, 5) is 7.89. The maximum absolute atomic E-state index is 9.76. The summed E-state index contributed by atoms with van der Waals surface area (Å²) in [5.74, 6) is 0.938. The van der Waals surface area contributed by atoms with E-state index in [1.165, 1.54) is 13.1 Å². The zero-order valence-corrected chi connectivity index (χ0v) is 15.9. The highest BCUT2D eigenvalue weighted by Crippen LogP contribution is 2.29. The van der Waals surface area contributed by atoms with Crippen molar-refractivity contribution in [2.75, 3.05) is 38.0 Å². The largest absolute Gasteiger partial charge is 0.504 e. The Kier molecular flexibility index (Phi) is 10.5. The number of aromatic amines is 1. The number of phenolic OH excluding ortho intramolecular Hbond substituents is 2. The van der Waals surface area contributed by atoms with E-state index in [2.05, 4.69) is 20.9 Å². The Labute approximate surface area is 149 Å². The van der Waals surface area contributed by atoms with E-state index >= 15 is 0 Å². The van der Waals surface area contributed by atoms with Crippen LogP contribution in [0.1, 0.15) is 19.4 Å². The fraction of sp³-hybridized carbons (Fsp3) is 0.412. The molecular formula is C17H30N6O2. The van der Waals surface area contributed by atoms with Crippen LogP contribution in [0.15, 0.2) is 30.4 Å². The third-order valence-electron chi connectivity index (χ3n) is 3.06. The number of H-pyrrole nitrogens is 1. The Morgan fingerprint density at radius 2 is 1.72 bits per heavy atom. The van der Waals surface area contributed by atoms with E-state index in [-0.39, 0.29) is 11.5 Å². The monoisotopic (exact) mass is 350 g/mol. The number of phenols is 2. The molecule has 0 spiro atoms. The standard InChI is InChI=1S/C12H17N5O2.C4H8.CH5N/c1-16(2)11-13-12(15-14-11)17(3)7-8-5-4-6-9(18)10(8)19;1-3-4-2;1-2/h4-6,18-19H,7H2,1-3H3,(H,13,14,15);3-4H,1-2H3;2H2,1H3/b;4-3-;. The number of nitrogens with zero attached hydrogens (tertiary/aromatic N) is 4. The van der Waals surface area contributed by atoms with Gasteiger partial charge in [0, 0.05) is 33.3 Å². The second kappa shape index (κ2) is 11.7. The van der Waals surface area contributed by atoms with Crippen molar-refractivity contribution in [3.05, 3.63) is 35.9 Å². The summed E-state index contributed by atoms with van der Waals surface area (Å²) in [6.45, 7) is 4.41. The number of benzene rings is 1. The Hall–Kier alpha value is -2.74. The quantitative estimate of drug-likeness (QED) is 0.493. The summed E-state index contributed by atoms with van der Waals surface area (Å²) >= 11 is 0. The van der Waals surface area contributed by atoms with Crippen molar-refractivity contribution in [1.82, 2.24) is 15.2 Å². The summed E-state index contributed by atoms with van der Waals surface area (Å²) in [7, 11) is 7.03. The van der Waals surface area contributed by atoms with Crippen molar-refractivity contribution in [1.29, 1.82) is 0 Å². The normalized spacial score (nSPS) is 9.72. The molecule has 0 unspecified atom stereocenters. The number of aromatic nitrogens is 3. The molecule has 1 heterocycles. The van der Waals surface area contributed by atoms with Crippen molar-refractivity contribution in [3.63, 3.8) is 0 Å². The van der Waals surface area contributed by atoms with Gasteiger partial charge in [-0.1, -0.05) is 24.3 Å². The van der Waals surface area contributed by atoms with Crippen LogP contribution in [-0.2, 0) is 6.54 Å². The summed E-state index contributed by atoms with van der Waals surface area (Å²) in [5, 5.41) is 26.1. The van der Waals surface area contributed by atoms with Crippen LogP contribution >= 0.6 is 0 Å². The molecule has 1 aromatic carbocycles. The van der Waals surface area contributed by atoms with Crippen LogP contribution in [-0.4, -0.2) is 53.6 Å². The maximum atomic E-state index is 9.76. The van der Waals surface area contributed by atoms with Crippen LogP contribution < -0.4 is 15.5 Å². The zero-order chi connectivity index (χ0) is 19.4. The van der Waals surface area contributed by atoms with Gasteiger partial charge in [-0.15, -0.1) is 5.10 Å². The number of hydrogen-bond acceptors (Lipinski definition) is 7. The minimum absolute atomic E-state index is 0.110. The first-order valence-corrected chi connectivity index (χ1v) is 7.86. The van der Waals surface area contributed by atoms with Crippen LogP contribution in [0.25, 0.3) is 0 Å². The van der Waals surface area contributed by atoms with E-state index in [9.17, 15) is 10.2 Å². The third-order valence-corrected chi connectivity index (χ3v) is 3.06. The Morgan fingerprint density at radius 3 is 2.20 bits per heavy atom. The molecule has 0 aliphatic rings. The molecule has 2 aromatic rings. The van der Waals surface area contributed by atoms with Gasteiger partial charge in [-0.25, -0.2) is 5.10 Å². The number of aromatic hydroxyl groups is 2. The minimum Gasteiger partial charge on any atom is -0.504 e. The molecule has 0 aliphatic heterocycles. The lowest BCUT2D eigenvalue weighted by Crippen LogP contribution is -2.18. The van der Waals surface area contributed by atoms with E-state index in [1.807, 2.05) is 47.1 Å². The van der Waals surface area contributed by atoms with Crippen molar-refractivity contribution in [3.8, 4) is 11.5 Å². The summed E-state index contributed by atoms with van der Waals surface area (Å²) in [6.07, 6.45) is 4.00. The van der Waals surface area contributed by atoms with Gasteiger partial charge in [0.25, 0.3) is 0 Å². The predicted octanol–water partition coefficient (Wildman–Crippen LogP) is 2.08. The Balaban J connectivity index is 0.000000845. The lowest BCUT2D eigenvalue weighted by molar-refractivity contribution is 0.399. The molecule has 8 heteroatoms. The molecule has 0 aliphatic carbocycles. The molecule has 0 saturated carbocycles. The zero-order valence-electron chi connectivity index (χ0n) is 15.9. The first-order chi connectivity index (χ1) is 11.9. The molecule has 1 aromatic heterocycles. The van der Waals surface area contributed by atoms with Crippen LogP contribution in [0, 0.1) is 0 Å². The summed E-state index contributed by atoms with van der Waals surface area (Å²) in [6, 6.07) is 4.87.